The Labute approximate surface area is 203 Å². The second kappa shape index (κ2) is 8.90. The standard InChI is InChI=1S/C24H29N7O2/c1-15-19-14-27-24(28-20-8-7-18(13-26-20)30-11-9-25-10-12-30)29-22(19)31(17-5-3-4-6-17)23(33)21(15)16(2)32/h7-8,13-14,17,25H,3-6,9-12H2,1-2H3,(H,26,27,28,29)/i5D2,6D2,9D2,10D2. The number of pyridine rings is 2. The molecule has 9 nitrogen and oxygen atoms in total. The second-order valence-corrected chi connectivity index (χ2v) is 7.83. The van der Waals surface area contributed by atoms with Crippen molar-refractivity contribution in [3.63, 3.8) is 0 Å². The highest BCUT2D eigenvalue weighted by atomic mass is 16.1. The third-order valence-corrected chi connectivity index (χ3v) is 5.69. The van der Waals surface area contributed by atoms with Crippen LogP contribution in [0.25, 0.3) is 11.0 Å². The molecule has 1 aliphatic carbocycles. The van der Waals surface area contributed by atoms with E-state index in [1.165, 1.54) is 24.2 Å². The molecule has 33 heavy (non-hydrogen) atoms. The van der Waals surface area contributed by atoms with Gasteiger partial charge in [0.05, 0.1) is 17.4 Å². The third kappa shape index (κ3) is 4.08. The number of piperazine rings is 1. The molecule has 0 radical (unpaired) electrons. The molecule has 1 saturated carbocycles. The fraction of sp³-hybridized carbons (Fsp3) is 0.458. The van der Waals surface area contributed by atoms with Crippen molar-refractivity contribution in [3.8, 4) is 0 Å². The monoisotopic (exact) mass is 455 g/mol. The fourth-order valence-electron chi connectivity index (χ4n) is 4.05. The van der Waals surface area contributed by atoms with Crippen molar-refractivity contribution in [1.82, 2.24) is 24.8 Å². The van der Waals surface area contributed by atoms with Crippen LogP contribution in [0.5, 0.6) is 0 Å². The van der Waals surface area contributed by atoms with E-state index in [-0.39, 0.29) is 48.9 Å². The molecule has 2 aliphatic rings. The number of ketones is 1. The molecule has 0 bridgehead atoms. The Kier molecular flexibility index (Phi) is 3.79. The lowest BCUT2D eigenvalue weighted by Crippen LogP contribution is -2.43. The molecule has 4 heterocycles. The van der Waals surface area contributed by atoms with E-state index >= 15 is 0 Å². The topological polar surface area (TPSA) is 105 Å². The minimum Gasteiger partial charge on any atom is -0.368 e. The molecule has 3 aromatic rings. The molecular weight excluding hydrogens is 418 g/mol. The number of hydrogen-bond acceptors (Lipinski definition) is 8. The van der Waals surface area contributed by atoms with E-state index in [1.807, 2.05) is 0 Å². The first-order valence-electron chi connectivity index (χ1n) is 14.6. The number of nitrogens with one attached hydrogen (secondary N) is 2. The largest absolute Gasteiger partial charge is 0.368 e. The van der Waals surface area contributed by atoms with Gasteiger partial charge in [0.25, 0.3) is 5.56 Å². The van der Waals surface area contributed by atoms with Gasteiger partial charge in [0, 0.05) is 54.7 Å². The minimum atomic E-state index is -2.07. The molecule has 0 amide bonds. The summed E-state index contributed by atoms with van der Waals surface area (Å²) in [7, 11) is 0. The van der Waals surface area contributed by atoms with Crippen LogP contribution in [0.2, 0.25) is 0 Å². The van der Waals surface area contributed by atoms with Gasteiger partial charge in [-0.2, -0.15) is 4.98 Å². The first-order chi connectivity index (χ1) is 18.9. The van der Waals surface area contributed by atoms with Crippen LogP contribution in [0.15, 0.2) is 29.3 Å². The van der Waals surface area contributed by atoms with Crippen molar-refractivity contribution in [3.05, 3.63) is 46.0 Å². The van der Waals surface area contributed by atoms with Crippen molar-refractivity contribution in [2.24, 2.45) is 0 Å². The van der Waals surface area contributed by atoms with Crippen molar-refractivity contribution >= 4 is 34.3 Å². The smallest absolute Gasteiger partial charge is 0.263 e. The SMILES string of the molecule is [2H]C1([2H])CN(c2ccc(Nc3ncc4c(C)c(C(C)=O)c(=O)n(C5C([2H])([2H])CCC5([2H])[2H])c4n3)nc2)CC([2H])([2H])N1. The molecular formula is C24H29N7O2. The summed E-state index contributed by atoms with van der Waals surface area (Å²) in [6.45, 7) is -1.27. The Morgan fingerprint density at radius 3 is 2.61 bits per heavy atom. The Morgan fingerprint density at radius 1 is 1.18 bits per heavy atom. The number of rotatable bonds is 5. The molecule has 1 saturated heterocycles. The lowest BCUT2D eigenvalue weighted by molar-refractivity contribution is 0.101. The fourth-order valence-corrected chi connectivity index (χ4v) is 4.05. The molecule has 0 atom stereocenters. The van der Waals surface area contributed by atoms with Crippen LogP contribution in [-0.2, 0) is 0 Å². The maximum atomic E-state index is 13.6. The first kappa shape index (κ1) is 14.0. The van der Waals surface area contributed by atoms with Gasteiger partial charge < -0.3 is 15.5 Å². The highest BCUT2D eigenvalue weighted by Gasteiger charge is 2.25. The highest BCUT2D eigenvalue weighted by Crippen LogP contribution is 2.32. The zero-order chi connectivity index (χ0) is 30.1. The van der Waals surface area contributed by atoms with E-state index in [4.69, 9.17) is 11.0 Å². The van der Waals surface area contributed by atoms with Crippen molar-refractivity contribution in [2.45, 2.75) is 45.5 Å². The van der Waals surface area contributed by atoms with Crippen molar-refractivity contribution < 1.29 is 15.8 Å². The van der Waals surface area contributed by atoms with Crippen LogP contribution >= 0.6 is 0 Å². The zero-order valence-electron chi connectivity index (χ0n) is 26.3. The van der Waals surface area contributed by atoms with Crippen LogP contribution in [0.4, 0.5) is 17.5 Å². The van der Waals surface area contributed by atoms with E-state index in [1.54, 1.807) is 19.1 Å². The molecule has 1 aliphatic heterocycles. The minimum absolute atomic E-state index is 0.00478. The quantitative estimate of drug-likeness (QED) is 0.566. The summed E-state index contributed by atoms with van der Waals surface area (Å²) < 4.78 is 66.7. The second-order valence-electron chi connectivity index (χ2n) is 7.83. The number of aromatic nitrogens is 4. The Hall–Kier alpha value is -3.33. The summed E-state index contributed by atoms with van der Waals surface area (Å²) in [6, 6.07) is 1.68. The van der Waals surface area contributed by atoms with E-state index in [0.29, 0.717) is 16.6 Å². The number of Topliss-reactive ketones (excluding diaryl/α,β-unsaturated/α-hetero) is 1. The number of carbonyl (C=O) groups excluding carboxylic acids is 1. The van der Waals surface area contributed by atoms with Crippen LogP contribution in [0.3, 0.4) is 0 Å². The molecule has 0 spiro atoms. The van der Waals surface area contributed by atoms with Crippen molar-refractivity contribution in [2.75, 3.05) is 36.3 Å². The van der Waals surface area contributed by atoms with Gasteiger partial charge in [-0.15, -0.1) is 0 Å². The molecule has 3 aromatic heterocycles. The maximum Gasteiger partial charge on any atom is 0.263 e. The highest BCUT2D eigenvalue weighted by molar-refractivity contribution is 5.99. The summed E-state index contributed by atoms with van der Waals surface area (Å²) in [5, 5.41) is 5.55. The molecule has 5 rings (SSSR count). The van der Waals surface area contributed by atoms with Crippen LogP contribution in [-0.4, -0.2) is 51.4 Å². The molecule has 2 N–H and O–H groups in total. The maximum absolute atomic E-state index is 13.6. The Morgan fingerprint density at radius 2 is 1.94 bits per heavy atom. The average molecular weight is 456 g/mol. The van der Waals surface area contributed by atoms with Gasteiger partial charge in [-0.25, -0.2) is 9.97 Å². The van der Waals surface area contributed by atoms with Gasteiger partial charge >= 0.3 is 0 Å². The van der Waals surface area contributed by atoms with Gasteiger partial charge in [0.1, 0.15) is 11.5 Å². The van der Waals surface area contributed by atoms with E-state index < -0.39 is 43.1 Å². The number of anilines is 3. The van der Waals surface area contributed by atoms with Crippen molar-refractivity contribution in [1.29, 1.82) is 0 Å². The van der Waals surface area contributed by atoms with Crippen LogP contribution in [0.1, 0.15) is 65.4 Å². The summed E-state index contributed by atoms with van der Waals surface area (Å²) in [5.74, 6) is -0.249. The summed E-state index contributed by atoms with van der Waals surface area (Å²) in [6.07, 6.45) is -1.53. The van der Waals surface area contributed by atoms with E-state index in [2.05, 4.69) is 25.6 Å². The van der Waals surface area contributed by atoms with Gasteiger partial charge in [-0.1, -0.05) is 12.8 Å². The molecule has 9 heteroatoms. The molecule has 2 fully saturated rings. The summed E-state index contributed by atoms with van der Waals surface area (Å²) in [4.78, 5) is 40.6. The van der Waals surface area contributed by atoms with Gasteiger partial charge in [-0.05, 0) is 44.3 Å². The predicted octanol–water partition coefficient (Wildman–Crippen LogP) is 2.97. The zero-order valence-corrected chi connectivity index (χ0v) is 18.3. The van der Waals surface area contributed by atoms with Gasteiger partial charge in [-0.3, -0.25) is 14.2 Å². The average Bonchev–Trinajstić information content (AvgIpc) is 3.05. The predicted molar refractivity (Wildman–Crippen MR) is 129 cm³/mol. The summed E-state index contributed by atoms with van der Waals surface area (Å²) >= 11 is 0. The number of nitrogens with zero attached hydrogens (tertiary/aromatic N) is 5. The van der Waals surface area contributed by atoms with Gasteiger partial charge in [0.15, 0.2) is 5.78 Å². The van der Waals surface area contributed by atoms with E-state index in [9.17, 15) is 9.59 Å². The molecule has 172 valence electrons. The Bertz CT molecular complexity index is 1560. The Balaban J connectivity index is 1.54. The summed E-state index contributed by atoms with van der Waals surface area (Å²) in [5.41, 5.74) is -0.186. The van der Waals surface area contributed by atoms with E-state index in [0.717, 1.165) is 4.57 Å². The number of fused-ring (bicyclic) bond motifs is 1. The van der Waals surface area contributed by atoms with Gasteiger partial charge in [0.2, 0.25) is 5.95 Å². The van der Waals surface area contributed by atoms with Crippen LogP contribution in [0, 0.1) is 6.92 Å². The van der Waals surface area contributed by atoms with Crippen LogP contribution < -0.4 is 21.1 Å². The third-order valence-electron chi connectivity index (χ3n) is 5.69. The molecule has 0 aromatic carbocycles. The normalized spacial score (nSPS) is 26.7. The molecule has 0 unspecified atom stereocenters. The number of hydrogen-bond donors (Lipinski definition) is 2. The lowest BCUT2D eigenvalue weighted by atomic mass is 10.0. The first-order valence-corrected chi connectivity index (χ1v) is 10.6. The number of carbonyl (C=O) groups is 1. The number of aryl methyl sites for hydroxylation is 1. The lowest BCUT2D eigenvalue weighted by Gasteiger charge is -2.29.